The third-order valence-electron chi connectivity index (χ3n) is 2.53. The Morgan fingerprint density at radius 1 is 1.23 bits per heavy atom. The van der Waals surface area contributed by atoms with E-state index in [9.17, 15) is 5.11 Å². The molecule has 13 heavy (non-hydrogen) atoms. The molecule has 0 radical (unpaired) electrons. The van der Waals surface area contributed by atoms with E-state index in [1.54, 1.807) is 0 Å². The van der Waals surface area contributed by atoms with Crippen molar-refractivity contribution in [3.8, 4) is 0 Å². The summed E-state index contributed by atoms with van der Waals surface area (Å²) in [6.07, 6.45) is 1.88. The van der Waals surface area contributed by atoms with Gasteiger partial charge in [0.25, 0.3) is 0 Å². The molecular formula is C11H25NO. The van der Waals surface area contributed by atoms with Gasteiger partial charge in [0, 0.05) is 12.6 Å². The summed E-state index contributed by atoms with van der Waals surface area (Å²) in [6.45, 7) is 9.51. The molecule has 0 fully saturated rings. The Labute approximate surface area is 82.9 Å². The van der Waals surface area contributed by atoms with E-state index in [0.717, 1.165) is 18.9 Å². The smallest absolute Gasteiger partial charge is 0.0664 e. The number of hydrogen-bond acceptors (Lipinski definition) is 2. The van der Waals surface area contributed by atoms with Crippen molar-refractivity contribution >= 4 is 0 Å². The highest BCUT2D eigenvalue weighted by Crippen LogP contribution is 2.10. The fourth-order valence-electron chi connectivity index (χ4n) is 1.50. The zero-order valence-electron chi connectivity index (χ0n) is 9.75. The fraction of sp³-hybridized carbons (Fsp3) is 1.00. The molecule has 2 heteroatoms. The minimum Gasteiger partial charge on any atom is -0.392 e. The molecular weight excluding hydrogens is 162 g/mol. The molecule has 0 saturated carbocycles. The second-order valence-electron chi connectivity index (χ2n) is 4.48. The van der Waals surface area contributed by atoms with Crippen molar-refractivity contribution in [1.82, 2.24) is 4.90 Å². The number of rotatable bonds is 6. The minimum absolute atomic E-state index is 0.167. The van der Waals surface area contributed by atoms with E-state index in [0.29, 0.717) is 6.04 Å². The fourth-order valence-corrected chi connectivity index (χ4v) is 1.50. The Hall–Kier alpha value is -0.0800. The Balaban J connectivity index is 3.74. The molecule has 80 valence electrons. The van der Waals surface area contributed by atoms with Gasteiger partial charge in [-0.25, -0.2) is 0 Å². The van der Waals surface area contributed by atoms with Crippen molar-refractivity contribution in [1.29, 1.82) is 0 Å². The summed E-state index contributed by atoms with van der Waals surface area (Å²) >= 11 is 0. The summed E-state index contributed by atoms with van der Waals surface area (Å²) < 4.78 is 0. The van der Waals surface area contributed by atoms with Crippen LogP contribution in [0.2, 0.25) is 0 Å². The summed E-state index contributed by atoms with van der Waals surface area (Å²) in [6, 6.07) is 0.571. The summed E-state index contributed by atoms with van der Waals surface area (Å²) in [4.78, 5) is 2.24. The van der Waals surface area contributed by atoms with Gasteiger partial charge in [0.05, 0.1) is 6.10 Å². The second-order valence-corrected chi connectivity index (χ2v) is 4.48. The van der Waals surface area contributed by atoms with Crippen LogP contribution in [-0.4, -0.2) is 35.7 Å². The van der Waals surface area contributed by atoms with Crippen LogP contribution < -0.4 is 0 Å². The highest BCUT2D eigenvalue weighted by atomic mass is 16.3. The van der Waals surface area contributed by atoms with E-state index in [4.69, 9.17) is 0 Å². The van der Waals surface area contributed by atoms with E-state index < -0.39 is 0 Å². The van der Waals surface area contributed by atoms with Crippen molar-refractivity contribution in [3.05, 3.63) is 0 Å². The van der Waals surface area contributed by atoms with E-state index in [-0.39, 0.29) is 6.10 Å². The molecule has 0 aliphatic rings. The maximum Gasteiger partial charge on any atom is 0.0664 e. The molecule has 0 aromatic rings. The monoisotopic (exact) mass is 187 g/mol. The third-order valence-corrected chi connectivity index (χ3v) is 2.53. The van der Waals surface area contributed by atoms with Crippen LogP contribution in [0, 0.1) is 5.92 Å². The van der Waals surface area contributed by atoms with E-state index in [2.05, 4.69) is 32.7 Å². The second kappa shape index (κ2) is 6.39. The van der Waals surface area contributed by atoms with Crippen LogP contribution in [0.1, 0.15) is 40.5 Å². The van der Waals surface area contributed by atoms with E-state index >= 15 is 0 Å². The van der Waals surface area contributed by atoms with Crippen molar-refractivity contribution in [2.45, 2.75) is 52.7 Å². The molecule has 0 aliphatic carbocycles. The van der Waals surface area contributed by atoms with Crippen molar-refractivity contribution in [3.63, 3.8) is 0 Å². The molecule has 0 aromatic heterocycles. The van der Waals surface area contributed by atoms with Gasteiger partial charge in [-0.3, -0.25) is 0 Å². The minimum atomic E-state index is -0.167. The standard InChI is InChI=1S/C11H25NO/c1-6-11(13)8-12(5)10(4)7-9(2)3/h9-11,13H,6-8H2,1-5H3. The number of aliphatic hydroxyl groups is 1. The predicted molar refractivity (Wildman–Crippen MR) is 57.8 cm³/mol. The van der Waals surface area contributed by atoms with Crippen LogP contribution in [0.5, 0.6) is 0 Å². The van der Waals surface area contributed by atoms with Gasteiger partial charge in [-0.05, 0) is 32.7 Å². The van der Waals surface area contributed by atoms with Crippen molar-refractivity contribution in [2.24, 2.45) is 5.92 Å². The first-order valence-electron chi connectivity index (χ1n) is 5.35. The molecule has 2 nitrogen and oxygen atoms in total. The van der Waals surface area contributed by atoms with Gasteiger partial charge in [0.2, 0.25) is 0 Å². The first-order valence-corrected chi connectivity index (χ1v) is 5.35. The third kappa shape index (κ3) is 6.05. The lowest BCUT2D eigenvalue weighted by atomic mass is 10.0. The highest BCUT2D eigenvalue weighted by molar-refractivity contribution is 4.68. The van der Waals surface area contributed by atoms with Crippen molar-refractivity contribution < 1.29 is 5.11 Å². The predicted octanol–water partition coefficient (Wildman–Crippen LogP) is 2.12. The summed E-state index contributed by atoms with van der Waals surface area (Å²) in [7, 11) is 2.09. The molecule has 0 spiro atoms. The molecule has 0 bridgehead atoms. The lowest BCUT2D eigenvalue weighted by Crippen LogP contribution is -2.36. The van der Waals surface area contributed by atoms with Crippen LogP contribution in [0.25, 0.3) is 0 Å². The highest BCUT2D eigenvalue weighted by Gasteiger charge is 2.13. The van der Waals surface area contributed by atoms with Crippen molar-refractivity contribution in [2.75, 3.05) is 13.6 Å². The largest absolute Gasteiger partial charge is 0.392 e. The lowest BCUT2D eigenvalue weighted by molar-refractivity contribution is 0.0992. The average molecular weight is 187 g/mol. The van der Waals surface area contributed by atoms with Gasteiger partial charge >= 0.3 is 0 Å². The number of aliphatic hydroxyl groups excluding tert-OH is 1. The Morgan fingerprint density at radius 3 is 2.15 bits per heavy atom. The molecule has 0 saturated heterocycles. The zero-order valence-corrected chi connectivity index (χ0v) is 9.75. The molecule has 2 unspecified atom stereocenters. The molecule has 0 aliphatic heterocycles. The quantitative estimate of drug-likeness (QED) is 0.688. The van der Waals surface area contributed by atoms with Gasteiger partial charge in [0.1, 0.15) is 0 Å². The Morgan fingerprint density at radius 2 is 1.77 bits per heavy atom. The van der Waals surface area contributed by atoms with Crippen LogP contribution in [-0.2, 0) is 0 Å². The Kier molecular flexibility index (Phi) is 6.35. The van der Waals surface area contributed by atoms with Gasteiger partial charge in [0.15, 0.2) is 0 Å². The molecule has 2 atom stereocenters. The van der Waals surface area contributed by atoms with Crippen LogP contribution >= 0.6 is 0 Å². The number of nitrogens with zero attached hydrogens (tertiary/aromatic N) is 1. The first kappa shape index (κ1) is 12.9. The lowest BCUT2D eigenvalue weighted by Gasteiger charge is -2.27. The van der Waals surface area contributed by atoms with Gasteiger partial charge in [-0.2, -0.15) is 0 Å². The van der Waals surface area contributed by atoms with E-state index in [1.165, 1.54) is 6.42 Å². The van der Waals surface area contributed by atoms with Crippen LogP contribution in [0.3, 0.4) is 0 Å². The molecule has 1 N–H and O–H groups in total. The molecule has 0 heterocycles. The average Bonchev–Trinajstić information content (AvgIpc) is 2.02. The molecule has 0 rings (SSSR count). The topological polar surface area (TPSA) is 23.5 Å². The van der Waals surface area contributed by atoms with Gasteiger partial charge in [-0.1, -0.05) is 20.8 Å². The Bertz CT molecular complexity index is 125. The number of likely N-dealkylation sites (N-methyl/N-ethyl adjacent to an activating group) is 1. The van der Waals surface area contributed by atoms with Crippen LogP contribution in [0.15, 0.2) is 0 Å². The zero-order chi connectivity index (χ0) is 10.4. The van der Waals surface area contributed by atoms with Gasteiger partial charge < -0.3 is 10.0 Å². The van der Waals surface area contributed by atoms with E-state index in [1.807, 2.05) is 6.92 Å². The summed E-state index contributed by atoms with van der Waals surface area (Å²) in [5, 5.41) is 9.47. The molecule has 0 amide bonds. The van der Waals surface area contributed by atoms with Gasteiger partial charge in [-0.15, -0.1) is 0 Å². The maximum atomic E-state index is 9.47. The SMILES string of the molecule is CCC(O)CN(C)C(C)CC(C)C. The normalized spacial score (nSPS) is 16.6. The molecule has 0 aromatic carbocycles. The maximum absolute atomic E-state index is 9.47. The summed E-state index contributed by atoms with van der Waals surface area (Å²) in [5.41, 5.74) is 0. The first-order chi connectivity index (χ1) is 5.97. The van der Waals surface area contributed by atoms with Crippen LogP contribution in [0.4, 0.5) is 0 Å². The number of hydrogen-bond donors (Lipinski definition) is 1. The summed E-state index contributed by atoms with van der Waals surface area (Å²) in [5.74, 6) is 0.733.